The molecule has 0 saturated carbocycles. The number of hydrogen-bond donors (Lipinski definition) is 4. The molecule has 1 amide bonds. The van der Waals surface area contributed by atoms with Crippen LogP contribution in [-0.2, 0) is 4.79 Å². The van der Waals surface area contributed by atoms with Crippen molar-refractivity contribution in [1.82, 2.24) is 0 Å². The zero-order valence-corrected chi connectivity index (χ0v) is 7.35. The quantitative estimate of drug-likeness (QED) is 0.245. The summed E-state index contributed by atoms with van der Waals surface area (Å²) in [5, 5.41) is 38.5. The number of amides is 1. The van der Waals surface area contributed by atoms with Crippen LogP contribution < -0.4 is 0 Å². The molecular weight excluding hydrogens is 194 g/mol. The highest BCUT2D eigenvalue weighted by Crippen LogP contribution is 2.06. The monoisotopic (exact) mass is 205 g/mol. The molecule has 0 aliphatic rings. The van der Waals surface area contributed by atoms with Gasteiger partial charge in [0.05, 0.1) is 6.10 Å². The average molecular weight is 205 g/mol. The van der Waals surface area contributed by atoms with Crippen LogP contribution in [0.15, 0.2) is 5.11 Å². The molecule has 0 aliphatic carbocycles. The fraction of sp³-hybridized carbons (Fsp3) is 0.833. The minimum atomic E-state index is -2.05. The third-order valence-corrected chi connectivity index (χ3v) is 1.56. The molecule has 0 aromatic rings. The van der Waals surface area contributed by atoms with Gasteiger partial charge in [-0.15, -0.1) is 0 Å². The summed E-state index contributed by atoms with van der Waals surface area (Å²) in [5.74, 6) is -1.32. The first-order chi connectivity index (χ1) is 6.41. The minimum Gasteiger partial charge on any atom is -0.391 e. The lowest BCUT2D eigenvalue weighted by molar-refractivity contribution is -0.142. The van der Waals surface area contributed by atoms with Crippen molar-refractivity contribution in [3.05, 3.63) is 10.4 Å². The van der Waals surface area contributed by atoms with Gasteiger partial charge in [-0.2, -0.15) is 0 Å². The third kappa shape index (κ3) is 3.29. The Morgan fingerprint density at radius 2 is 1.79 bits per heavy atom. The normalized spacial score (nSPS) is 18.9. The van der Waals surface area contributed by atoms with Gasteiger partial charge >= 0.3 is 0 Å². The maximum absolute atomic E-state index is 10.7. The van der Waals surface area contributed by atoms with Crippen molar-refractivity contribution in [3.8, 4) is 0 Å². The Kier molecular flexibility index (Phi) is 5.06. The zero-order chi connectivity index (χ0) is 11.3. The van der Waals surface area contributed by atoms with Gasteiger partial charge in [-0.25, -0.2) is 0 Å². The van der Waals surface area contributed by atoms with Gasteiger partial charge in [-0.3, -0.25) is 4.79 Å². The summed E-state index contributed by atoms with van der Waals surface area (Å²) < 4.78 is 0. The lowest BCUT2D eigenvalue weighted by atomic mass is 10.0. The molecule has 0 unspecified atom stereocenters. The van der Waals surface area contributed by atoms with Crippen molar-refractivity contribution in [1.29, 1.82) is 0 Å². The third-order valence-electron chi connectivity index (χ3n) is 1.56. The summed E-state index contributed by atoms with van der Waals surface area (Å²) in [7, 11) is 0. The number of aliphatic hydroxyl groups is 4. The Labute approximate surface area is 79.0 Å². The molecule has 0 rings (SSSR count). The Hall–Kier alpha value is -1.18. The first-order valence-corrected chi connectivity index (χ1v) is 3.73. The van der Waals surface area contributed by atoms with Crippen LogP contribution in [0.2, 0.25) is 0 Å². The molecule has 0 spiro atoms. The zero-order valence-electron chi connectivity index (χ0n) is 7.35. The number of nitrogens with zero attached hydrogens (tertiary/aromatic N) is 3. The second-order valence-corrected chi connectivity index (χ2v) is 2.69. The van der Waals surface area contributed by atoms with Crippen LogP contribution in [0.3, 0.4) is 0 Å². The standard InChI is InChI=1S/C6H11N3O5/c1-2(10)3(11)4(12)5(13)6(14)8-9-7/h2-5,10-13H,1H3/t2-,3+,4+,5-/m1/s1. The topological polar surface area (TPSA) is 147 Å². The van der Waals surface area contributed by atoms with E-state index in [2.05, 4.69) is 10.0 Å². The molecule has 0 aromatic carbocycles. The van der Waals surface area contributed by atoms with Crippen LogP contribution in [0.1, 0.15) is 6.92 Å². The number of carbonyl (C=O) groups is 1. The van der Waals surface area contributed by atoms with Gasteiger partial charge in [0.1, 0.15) is 18.3 Å². The molecule has 8 heteroatoms. The lowest BCUT2D eigenvalue weighted by Gasteiger charge is -2.22. The summed E-state index contributed by atoms with van der Waals surface area (Å²) in [6.07, 6.45) is -6.95. The van der Waals surface area contributed by atoms with Crippen molar-refractivity contribution in [3.63, 3.8) is 0 Å². The molecule has 4 N–H and O–H groups in total. The Bertz CT molecular complexity index is 250. The van der Waals surface area contributed by atoms with E-state index in [9.17, 15) is 4.79 Å². The van der Waals surface area contributed by atoms with Crippen LogP contribution in [0.5, 0.6) is 0 Å². The number of carbonyl (C=O) groups excluding carboxylic acids is 1. The van der Waals surface area contributed by atoms with E-state index in [1.54, 1.807) is 0 Å². The smallest absolute Gasteiger partial charge is 0.250 e. The number of azide groups is 1. The van der Waals surface area contributed by atoms with Gasteiger partial charge in [-0.1, -0.05) is 0 Å². The van der Waals surface area contributed by atoms with Crippen molar-refractivity contribution in [2.45, 2.75) is 31.3 Å². The number of aliphatic hydroxyl groups excluding tert-OH is 4. The summed E-state index contributed by atoms with van der Waals surface area (Å²) in [6.45, 7) is 1.17. The molecule has 14 heavy (non-hydrogen) atoms. The molecule has 0 bridgehead atoms. The van der Waals surface area contributed by atoms with E-state index in [1.807, 2.05) is 0 Å². The van der Waals surface area contributed by atoms with Crippen molar-refractivity contribution in [2.75, 3.05) is 0 Å². The van der Waals surface area contributed by atoms with Gasteiger partial charge in [0.25, 0.3) is 0 Å². The molecular formula is C6H11N3O5. The van der Waals surface area contributed by atoms with Crippen LogP contribution in [0.4, 0.5) is 0 Å². The molecule has 0 fully saturated rings. The van der Waals surface area contributed by atoms with Gasteiger partial charge in [0.15, 0.2) is 0 Å². The SMILES string of the molecule is C[C@@H](O)[C@H](O)[C@H](O)[C@@H](O)C(=O)N=[N+]=[N-]. The molecule has 8 nitrogen and oxygen atoms in total. The van der Waals surface area contributed by atoms with E-state index in [0.717, 1.165) is 0 Å². The maximum atomic E-state index is 10.7. The van der Waals surface area contributed by atoms with Gasteiger partial charge in [0, 0.05) is 4.91 Å². The first kappa shape index (κ1) is 12.8. The highest BCUT2D eigenvalue weighted by Gasteiger charge is 2.31. The van der Waals surface area contributed by atoms with Crippen molar-refractivity contribution >= 4 is 5.91 Å². The fourth-order valence-corrected chi connectivity index (χ4v) is 0.721. The molecule has 0 saturated heterocycles. The molecule has 4 atom stereocenters. The highest BCUT2D eigenvalue weighted by atomic mass is 16.4. The largest absolute Gasteiger partial charge is 0.391 e. The van der Waals surface area contributed by atoms with E-state index in [4.69, 9.17) is 26.0 Å². The van der Waals surface area contributed by atoms with Gasteiger partial charge in [-0.05, 0) is 17.6 Å². The summed E-state index contributed by atoms with van der Waals surface area (Å²) in [6, 6.07) is 0. The summed E-state index contributed by atoms with van der Waals surface area (Å²) >= 11 is 0. The fourth-order valence-electron chi connectivity index (χ4n) is 0.721. The Balaban J connectivity index is 4.45. The predicted molar refractivity (Wildman–Crippen MR) is 43.9 cm³/mol. The summed E-state index contributed by atoms with van der Waals surface area (Å²) in [4.78, 5) is 12.8. The average Bonchev–Trinajstić information content (AvgIpc) is 2.14. The highest BCUT2D eigenvalue weighted by molar-refractivity contribution is 5.81. The van der Waals surface area contributed by atoms with Gasteiger partial charge in [0.2, 0.25) is 5.91 Å². The van der Waals surface area contributed by atoms with E-state index in [-0.39, 0.29) is 0 Å². The van der Waals surface area contributed by atoms with E-state index in [0.29, 0.717) is 0 Å². The van der Waals surface area contributed by atoms with Crippen LogP contribution >= 0.6 is 0 Å². The Morgan fingerprint density at radius 1 is 1.29 bits per heavy atom. The Morgan fingerprint density at radius 3 is 2.14 bits per heavy atom. The summed E-state index contributed by atoms with van der Waals surface area (Å²) in [5.41, 5.74) is 7.85. The van der Waals surface area contributed by atoms with E-state index < -0.39 is 30.3 Å². The molecule has 0 heterocycles. The minimum absolute atomic E-state index is 1.17. The lowest BCUT2D eigenvalue weighted by Crippen LogP contribution is -2.46. The molecule has 80 valence electrons. The van der Waals surface area contributed by atoms with E-state index >= 15 is 0 Å². The van der Waals surface area contributed by atoms with Crippen LogP contribution in [0, 0.1) is 0 Å². The number of rotatable bonds is 4. The van der Waals surface area contributed by atoms with Gasteiger partial charge < -0.3 is 20.4 Å². The molecule has 0 radical (unpaired) electrons. The molecule has 0 aromatic heterocycles. The maximum Gasteiger partial charge on any atom is 0.250 e. The number of hydrogen-bond acceptors (Lipinski definition) is 5. The van der Waals surface area contributed by atoms with Crippen molar-refractivity contribution in [2.24, 2.45) is 5.11 Å². The predicted octanol–water partition coefficient (Wildman–Crippen LogP) is -1.71. The van der Waals surface area contributed by atoms with Crippen LogP contribution in [0.25, 0.3) is 10.4 Å². The second kappa shape index (κ2) is 5.53. The first-order valence-electron chi connectivity index (χ1n) is 3.73. The van der Waals surface area contributed by atoms with Crippen molar-refractivity contribution < 1.29 is 25.2 Å². The molecule has 0 aliphatic heterocycles. The second-order valence-electron chi connectivity index (χ2n) is 2.69. The van der Waals surface area contributed by atoms with Crippen LogP contribution in [-0.4, -0.2) is 50.7 Å². The van der Waals surface area contributed by atoms with E-state index in [1.165, 1.54) is 6.92 Å².